The molecule has 2 aromatic carbocycles. The number of aromatic hydroxyl groups is 1. The Labute approximate surface area is 180 Å². The Balaban J connectivity index is 1.53. The minimum atomic E-state index is -0.686. The number of esters is 1. The van der Waals surface area contributed by atoms with Gasteiger partial charge in [0.05, 0.1) is 19.7 Å². The lowest BCUT2D eigenvalue weighted by molar-refractivity contribution is -0.146. The lowest BCUT2D eigenvalue weighted by atomic mass is 10.1. The summed E-state index contributed by atoms with van der Waals surface area (Å²) in [7, 11) is 1.43. The summed E-state index contributed by atoms with van der Waals surface area (Å²) in [4.78, 5) is 25.9. The first-order valence-corrected chi connectivity index (χ1v) is 9.70. The molecule has 1 atom stereocenters. The highest BCUT2D eigenvalue weighted by atomic mass is 16.7. The van der Waals surface area contributed by atoms with Gasteiger partial charge < -0.3 is 19.3 Å². The van der Waals surface area contributed by atoms with Crippen LogP contribution in [0.25, 0.3) is 6.08 Å². The van der Waals surface area contributed by atoms with Gasteiger partial charge in [0.15, 0.2) is 11.5 Å². The molecule has 0 radical (unpaired) electrons. The van der Waals surface area contributed by atoms with Gasteiger partial charge in [0.1, 0.15) is 0 Å². The minimum absolute atomic E-state index is 0.00412. The Morgan fingerprint density at radius 2 is 2.06 bits per heavy atom. The number of carbonyl (C=O) groups excluding carboxylic acids is 2. The zero-order valence-electron chi connectivity index (χ0n) is 17.1. The quantitative estimate of drug-likeness (QED) is 0.318. The highest BCUT2D eigenvalue weighted by Gasteiger charge is 2.31. The van der Waals surface area contributed by atoms with Crippen LogP contribution in [0.5, 0.6) is 11.5 Å². The molecule has 0 aromatic heterocycles. The number of rotatable bonds is 7. The summed E-state index contributed by atoms with van der Waals surface area (Å²) in [5.74, 6) is 2.08. The predicted molar refractivity (Wildman–Crippen MR) is 114 cm³/mol. The van der Waals surface area contributed by atoms with E-state index in [4.69, 9.17) is 20.6 Å². The average molecular weight is 421 g/mol. The van der Waals surface area contributed by atoms with Gasteiger partial charge in [-0.3, -0.25) is 4.90 Å². The van der Waals surface area contributed by atoms with E-state index in [-0.39, 0.29) is 24.1 Å². The third-order valence-electron chi connectivity index (χ3n) is 4.97. The van der Waals surface area contributed by atoms with Gasteiger partial charge in [0, 0.05) is 6.08 Å². The Morgan fingerprint density at radius 3 is 2.84 bits per heavy atom. The Bertz CT molecular complexity index is 1020. The number of terminal acetylenes is 1. The maximum atomic E-state index is 12.6. The largest absolute Gasteiger partial charge is 0.504 e. The van der Waals surface area contributed by atoms with Crippen molar-refractivity contribution in [1.82, 2.24) is 4.90 Å². The van der Waals surface area contributed by atoms with E-state index in [9.17, 15) is 14.7 Å². The second kappa shape index (κ2) is 10.2. The fraction of sp³-hybridized carbons (Fsp3) is 0.250. The van der Waals surface area contributed by atoms with Crippen molar-refractivity contribution in [2.45, 2.75) is 18.9 Å². The molecule has 2 aromatic rings. The molecule has 0 spiro atoms. The molecular weight excluding hydrogens is 398 g/mol. The number of hydrogen-bond donors (Lipinski definition) is 1. The third kappa shape index (κ3) is 5.37. The molecule has 160 valence electrons. The zero-order valence-corrected chi connectivity index (χ0v) is 17.1. The second-order valence-electron chi connectivity index (χ2n) is 6.84. The van der Waals surface area contributed by atoms with Crippen LogP contribution in [-0.2, 0) is 20.7 Å². The van der Waals surface area contributed by atoms with Gasteiger partial charge in [-0.05, 0) is 47.7 Å². The van der Waals surface area contributed by atoms with Crippen molar-refractivity contribution in [1.29, 1.82) is 0 Å². The molecule has 7 heteroatoms. The molecule has 1 amide bonds. The van der Waals surface area contributed by atoms with Crippen LogP contribution in [0.1, 0.15) is 29.2 Å². The molecule has 3 rings (SSSR count). The molecule has 0 heterocycles. The van der Waals surface area contributed by atoms with E-state index in [1.54, 1.807) is 12.1 Å². The van der Waals surface area contributed by atoms with Crippen molar-refractivity contribution < 1.29 is 28.9 Å². The maximum absolute atomic E-state index is 12.6. The molecule has 0 aliphatic heterocycles. The number of ether oxygens (including phenoxy) is 3. The SMILES string of the molecule is C#CCN(C(=O)OCOC(=O)/C=C/c1ccc(O)c(OC)c1)[C@@H]1CCc2ccccc21. The van der Waals surface area contributed by atoms with Gasteiger partial charge in [0.2, 0.25) is 6.79 Å². The first kappa shape index (κ1) is 21.8. The van der Waals surface area contributed by atoms with Gasteiger partial charge in [-0.1, -0.05) is 36.3 Å². The van der Waals surface area contributed by atoms with E-state index in [1.807, 2.05) is 24.3 Å². The first-order chi connectivity index (χ1) is 15.0. The first-order valence-electron chi connectivity index (χ1n) is 9.70. The van der Waals surface area contributed by atoms with Crippen molar-refractivity contribution in [2.75, 3.05) is 20.4 Å². The number of carbonyl (C=O) groups is 2. The molecule has 1 aliphatic rings. The van der Waals surface area contributed by atoms with E-state index in [0.29, 0.717) is 5.56 Å². The number of fused-ring (bicyclic) bond motifs is 1. The van der Waals surface area contributed by atoms with Crippen LogP contribution in [0, 0.1) is 12.3 Å². The van der Waals surface area contributed by atoms with Gasteiger partial charge in [-0.25, -0.2) is 9.59 Å². The lowest BCUT2D eigenvalue weighted by Crippen LogP contribution is -2.35. The Morgan fingerprint density at radius 1 is 1.26 bits per heavy atom. The molecule has 1 aliphatic carbocycles. The highest BCUT2D eigenvalue weighted by molar-refractivity contribution is 5.87. The summed E-state index contributed by atoms with van der Waals surface area (Å²) in [5.41, 5.74) is 2.87. The summed E-state index contributed by atoms with van der Waals surface area (Å²) in [5, 5.41) is 9.59. The van der Waals surface area contributed by atoms with Gasteiger partial charge in [-0.2, -0.15) is 0 Å². The third-order valence-corrected chi connectivity index (χ3v) is 4.97. The van der Waals surface area contributed by atoms with Gasteiger partial charge >= 0.3 is 12.1 Å². The van der Waals surface area contributed by atoms with Crippen LogP contribution in [0.15, 0.2) is 48.5 Å². The predicted octanol–water partition coefficient (Wildman–Crippen LogP) is 3.67. The van der Waals surface area contributed by atoms with E-state index in [0.717, 1.165) is 18.4 Å². The Hall–Kier alpha value is -3.92. The lowest BCUT2D eigenvalue weighted by Gasteiger charge is -2.27. The zero-order chi connectivity index (χ0) is 22.2. The summed E-state index contributed by atoms with van der Waals surface area (Å²) in [6, 6.07) is 12.4. The summed E-state index contributed by atoms with van der Waals surface area (Å²) in [6.45, 7) is -0.440. The molecular formula is C24H23NO6. The molecule has 0 saturated carbocycles. The standard InChI is InChI=1S/C24H23NO6/c1-3-14-25(20-11-10-18-6-4-5-7-19(18)20)24(28)31-16-30-23(27)13-9-17-8-12-21(26)22(15-17)29-2/h1,4-9,12-13,15,20,26H,10-11,14,16H2,2H3/b13-9+/t20-/m1/s1. The number of methoxy groups -OCH3 is 1. The number of phenolic OH excluding ortho intramolecular Hbond substituents is 1. The van der Waals surface area contributed by atoms with Crippen LogP contribution in [0.3, 0.4) is 0 Å². The molecule has 0 unspecified atom stereocenters. The molecule has 0 bridgehead atoms. The van der Waals surface area contributed by atoms with Crippen molar-refractivity contribution in [3.8, 4) is 23.8 Å². The van der Waals surface area contributed by atoms with Crippen molar-refractivity contribution >= 4 is 18.1 Å². The molecule has 7 nitrogen and oxygen atoms in total. The van der Waals surface area contributed by atoms with Crippen molar-refractivity contribution in [3.63, 3.8) is 0 Å². The van der Waals surface area contributed by atoms with E-state index in [1.165, 1.54) is 35.8 Å². The van der Waals surface area contributed by atoms with E-state index < -0.39 is 18.9 Å². The second-order valence-corrected chi connectivity index (χ2v) is 6.84. The smallest absolute Gasteiger partial charge is 0.413 e. The monoisotopic (exact) mass is 421 g/mol. The van der Waals surface area contributed by atoms with Gasteiger partial charge in [0.25, 0.3) is 0 Å². The van der Waals surface area contributed by atoms with E-state index >= 15 is 0 Å². The van der Waals surface area contributed by atoms with Crippen molar-refractivity contribution in [3.05, 3.63) is 65.2 Å². The van der Waals surface area contributed by atoms with Crippen LogP contribution in [0.4, 0.5) is 4.79 Å². The fourth-order valence-electron chi connectivity index (χ4n) is 3.49. The number of hydrogen-bond acceptors (Lipinski definition) is 6. The minimum Gasteiger partial charge on any atom is -0.504 e. The normalized spacial score (nSPS) is 14.5. The summed E-state index contributed by atoms with van der Waals surface area (Å²) < 4.78 is 15.1. The number of aryl methyl sites for hydroxylation is 1. The number of nitrogens with zero attached hydrogens (tertiary/aromatic N) is 1. The molecule has 1 N–H and O–H groups in total. The van der Waals surface area contributed by atoms with Crippen LogP contribution in [0.2, 0.25) is 0 Å². The van der Waals surface area contributed by atoms with Crippen LogP contribution < -0.4 is 4.74 Å². The fourth-order valence-corrected chi connectivity index (χ4v) is 3.49. The highest BCUT2D eigenvalue weighted by Crippen LogP contribution is 2.35. The van der Waals surface area contributed by atoms with Crippen LogP contribution in [-0.4, -0.2) is 42.5 Å². The number of benzene rings is 2. The Kier molecular flexibility index (Phi) is 7.17. The van der Waals surface area contributed by atoms with Crippen LogP contribution >= 0.6 is 0 Å². The number of amides is 1. The average Bonchev–Trinajstić information content (AvgIpc) is 3.20. The maximum Gasteiger partial charge on any atom is 0.413 e. The van der Waals surface area contributed by atoms with Crippen molar-refractivity contribution in [2.24, 2.45) is 0 Å². The summed E-state index contributed by atoms with van der Waals surface area (Å²) in [6.07, 6.45) is 9.09. The molecule has 31 heavy (non-hydrogen) atoms. The topological polar surface area (TPSA) is 85.3 Å². The van der Waals surface area contributed by atoms with E-state index in [2.05, 4.69) is 5.92 Å². The number of phenols is 1. The van der Waals surface area contributed by atoms with Gasteiger partial charge in [-0.15, -0.1) is 6.42 Å². The molecule has 0 saturated heterocycles. The molecule has 0 fully saturated rings. The summed E-state index contributed by atoms with van der Waals surface area (Å²) >= 11 is 0.